The fourth-order valence-electron chi connectivity index (χ4n) is 3.06. The van der Waals surface area contributed by atoms with Crippen LogP contribution in [0.15, 0.2) is 12.1 Å². The molecule has 3 rings (SSSR count). The van der Waals surface area contributed by atoms with Crippen LogP contribution in [0.4, 0.5) is 0 Å². The molecule has 0 fully saturated rings. The largest absolute Gasteiger partial charge is 0.358 e. The second-order valence-electron chi connectivity index (χ2n) is 5.61. The van der Waals surface area contributed by atoms with Gasteiger partial charge in [0.15, 0.2) is 0 Å². The highest BCUT2D eigenvalue weighted by Crippen LogP contribution is 2.35. The molecule has 1 unspecified atom stereocenters. The smallest absolute Gasteiger partial charge is 0.0505 e. The Kier molecular flexibility index (Phi) is 2.87. The normalized spacial score (nSPS) is 19.5. The summed E-state index contributed by atoms with van der Waals surface area (Å²) in [7, 11) is 4.33. The van der Waals surface area contributed by atoms with Crippen molar-refractivity contribution in [1.29, 1.82) is 0 Å². The van der Waals surface area contributed by atoms with Gasteiger partial charge in [-0.1, -0.05) is 11.6 Å². The number of halogens is 1. The molecule has 0 spiro atoms. The van der Waals surface area contributed by atoms with E-state index in [1.807, 2.05) is 0 Å². The van der Waals surface area contributed by atoms with Crippen LogP contribution >= 0.6 is 11.6 Å². The van der Waals surface area contributed by atoms with Gasteiger partial charge >= 0.3 is 0 Å². The van der Waals surface area contributed by atoms with Crippen molar-refractivity contribution in [3.05, 3.63) is 34.0 Å². The first-order chi connectivity index (χ1) is 8.56. The molecule has 1 heterocycles. The van der Waals surface area contributed by atoms with Crippen molar-refractivity contribution in [2.75, 3.05) is 14.1 Å². The number of aryl methyl sites for hydroxylation is 2. The number of benzene rings is 1. The number of fused-ring (bicyclic) bond motifs is 3. The summed E-state index contributed by atoms with van der Waals surface area (Å²) in [6, 6.07) is 4.90. The Hall–Kier alpha value is -0.990. The molecule has 1 N–H and O–H groups in total. The van der Waals surface area contributed by atoms with Gasteiger partial charge in [0.1, 0.15) is 0 Å². The van der Waals surface area contributed by atoms with Crippen LogP contribution in [-0.4, -0.2) is 30.0 Å². The van der Waals surface area contributed by atoms with E-state index < -0.39 is 0 Å². The van der Waals surface area contributed by atoms with Crippen molar-refractivity contribution < 1.29 is 0 Å². The van der Waals surface area contributed by atoms with Crippen LogP contribution in [-0.2, 0) is 12.8 Å². The second-order valence-corrected chi connectivity index (χ2v) is 6.02. The fourth-order valence-corrected chi connectivity index (χ4v) is 3.45. The first kappa shape index (κ1) is 12.1. The van der Waals surface area contributed by atoms with Crippen molar-refractivity contribution in [3.8, 4) is 0 Å². The average Bonchev–Trinajstić information content (AvgIpc) is 2.65. The van der Waals surface area contributed by atoms with Crippen molar-refractivity contribution in [2.24, 2.45) is 0 Å². The Morgan fingerprint density at radius 2 is 2.11 bits per heavy atom. The Bertz CT molecular complexity index is 598. The molecule has 96 valence electrons. The molecule has 0 amide bonds. The van der Waals surface area contributed by atoms with Gasteiger partial charge in [-0.05, 0) is 63.5 Å². The molecule has 18 heavy (non-hydrogen) atoms. The number of hydrogen-bond donors (Lipinski definition) is 1. The number of aromatic nitrogens is 1. The fraction of sp³-hybridized carbons (Fsp3) is 0.467. The van der Waals surface area contributed by atoms with E-state index >= 15 is 0 Å². The number of rotatable bonds is 1. The SMILES string of the molecule is Cc1cc(Cl)c2c3c([nH]c2c1)CCC(N(C)C)C3. The monoisotopic (exact) mass is 262 g/mol. The third-order valence-electron chi connectivity index (χ3n) is 4.08. The summed E-state index contributed by atoms with van der Waals surface area (Å²) in [4.78, 5) is 5.88. The van der Waals surface area contributed by atoms with Crippen LogP contribution in [0.2, 0.25) is 5.02 Å². The minimum Gasteiger partial charge on any atom is -0.358 e. The number of hydrogen-bond acceptors (Lipinski definition) is 1. The summed E-state index contributed by atoms with van der Waals surface area (Å²) in [5, 5.41) is 2.13. The predicted octanol–water partition coefficient (Wildman–Crippen LogP) is 3.55. The summed E-state index contributed by atoms with van der Waals surface area (Å²) in [5.41, 5.74) is 5.23. The first-order valence-electron chi connectivity index (χ1n) is 6.52. The molecular formula is C15H19ClN2. The zero-order valence-electron chi connectivity index (χ0n) is 11.2. The molecule has 0 aliphatic heterocycles. The van der Waals surface area contributed by atoms with Crippen molar-refractivity contribution in [2.45, 2.75) is 32.2 Å². The van der Waals surface area contributed by atoms with E-state index in [4.69, 9.17) is 11.6 Å². The molecule has 2 aromatic rings. The second kappa shape index (κ2) is 4.29. The van der Waals surface area contributed by atoms with E-state index in [0.717, 1.165) is 17.9 Å². The average molecular weight is 263 g/mol. The number of aromatic amines is 1. The number of likely N-dealkylation sites (N-methyl/N-ethyl adjacent to an activating group) is 1. The van der Waals surface area contributed by atoms with Crippen molar-refractivity contribution in [3.63, 3.8) is 0 Å². The van der Waals surface area contributed by atoms with E-state index in [9.17, 15) is 0 Å². The number of H-pyrrole nitrogens is 1. The molecule has 1 aromatic carbocycles. The van der Waals surface area contributed by atoms with E-state index in [1.54, 1.807) is 0 Å². The Morgan fingerprint density at radius 1 is 1.33 bits per heavy atom. The highest BCUT2D eigenvalue weighted by atomic mass is 35.5. The zero-order valence-corrected chi connectivity index (χ0v) is 11.9. The van der Waals surface area contributed by atoms with Gasteiger partial charge in [0.25, 0.3) is 0 Å². The highest BCUT2D eigenvalue weighted by molar-refractivity contribution is 6.35. The van der Waals surface area contributed by atoms with Gasteiger partial charge in [0.05, 0.1) is 5.02 Å². The molecule has 0 radical (unpaired) electrons. The highest BCUT2D eigenvalue weighted by Gasteiger charge is 2.24. The van der Waals surface area contributed by atoms with Crippen LogP contribution in [0.1, 0.15) is 23.2 Å². The van der Waals surface area contributed by atoms with Crippen LogP contribution in [0, 0.1) is 6.92 Å². The van der Waals surface area contributed by atoms with Crippen LogP contribution in [0.3, 0.4) is 0 Å². The van der Waals surface area contributed by atoms with Gasteiger partial charge < -0.3 is 9.88 Å². The Morgan fingerprint density at radius 3 is 2.83 bits per heavy atom. The summed E-state index contributed by atoms with van der Waals surface area (Å²) < 4.78 is 0. The lowest BCUT2D eigenvalue weighted by Crippen LogP contribution is -2.33. The Labute approximate surface area is 113 Å². The van der Waals surface area contributed by atoms with Crippen LogP contribution < -0.4 is 0 Å². The molecule has 1 aliphatic rings. The summed E-state index contributed by atoms with van der Waals surface area (Å²) in [6.07, 6.45) is 3.46. The standard InChI is InChI=1S/C15H19ClN2/c1-9-6-12(16)15-11-8-10(18(2)3)4-5-13(11)17-14(15)7-9/h6-7,10,17H,4-5,8H2,1-3H3. The van der Waals surface area contributed by atoms with Gasteiger partial charge in [0, 0.05) is 22.6 Å². The minimum absolute atomic E-state index is 0.633. The Balaban J connectivity index is 2.15. The molecule has 0 bridgehead atoms. The maximum atomic E-state index is 6.43. The van der Waals surface area contributed by atoms with Gasteiger partial charge in [-0.15, -0.1) is 0 Å². The van der Waals surface area contributed by atoms with Crippen molar-refractivity contribution >= 4 is 22.5 Å². The molecule has 1 aromatic heterocycles. The lowest BCUT2D eigenvalue weighted by Gasteiger charge is -2.28. The van der Waals surface area contributed by atoms with Gasteiger partial charge in [-0.25, -0.2) is 0 Å². The number of nitrogens with zero attached hydrogens (tertiary/aromatic N) is 1. The first-order valence-corrected chi connectivity index (χ1v) is 6.90. The lowest BCUT2D eigenvalue weighted by atomic mass is 9.91. The topological polar surface area (TPSA) is 19.0 Å². The van der Waals surface area contributed by atoms with Crippen LogP contribution in [0.5, 0.6) is 0 Å². The van der Waals surface area contributed by atoms with Gasteiger partial charge in [-0.3, -0.25) is 0 Å². The summed E-state index contributed by atoms with van der Waals surface area (Å²) in [5.74, 6) is 0. The third kappa shape index (κ3) is 1.84. The maximum Gasteiger partial charge on any atom is 0.0505 e. The molecule has 1 atom stereocenters. The van der Waals surface area contributed by atoms with Gasteiger partial charge in [0.2, 0.25) is 0 Å². The zero-order chi connectivity index (χ0) is 12.9. The molecule has 0 saturated carbocycles. The lowest BCUT2D eigenvalue weighted by molar-refractivity contribution is 0.268. The quantitative estimate of drug-likeness (QED) is 0.833. The summed E-state index contributed by atoms with van der Waals surface area (Å²) >= 11 is 6.43. The van der Waals surface area contributed by atoms with E-state index in [2.05, 4.69) is 43.0 Å². The van der Waals surface area contributed by atoms with Crippen molar-refractivity contribution in [1.82, 2.24) is 9.88 Å². The van der Waals surface area contributed by atoms with E-state index in [-0.39, 0.29) is 0 Å². The van der Waals surface area contributed by atoms with Gasteiger partial charge in [-0.2, -0.15) is 0 Å². The third-order valence-corrected chi connectivity index (χ3v) is 4.38. The molecular weight excluding hydrogens is 244 g/mol. The maximum absolute atomic E-state index is 6.43. The molecule has 3 heteroatoms. The molecule has 1 aliphatic carbocycles. The molecule has 2 nitrogen and oxygen atoms in total. The van der Waals surface area contributed by atoms with Crippen LogP contribution in [0.25, 0.3) is 10.9 Å². The summed E-state index contributed by atoms with van der Waals surface area (Å²) in [6.45, 7) is 2.09. The number of nitrogens with one attached hydrogen (secondary N) is 1. The predicted molar refractivity (Wildman–Crippen MR) is 77.5 cm³/mol. The van der Waals surface area contributed by atoms with E-state index in [0.29, 0.717) is 6.04 Å². The molecule has 0 saturated heterocycles. The minimum atomic E-state index is 0.633. The van der Waals surface area contributed by atoms with E-state index in [1.165, 1.54) is 34.1 Å².